The zero-order valence-corrected chi connectivity index (χ0v) is 8.18. The van der Waals surface area contributed by atoms with E-state index in [0.29, 0.717) is 11.5 Å². The van der Waals surface area contributed by atoms with Crippen LogP contribution < -0.4 is 5.73 Å². The standard InChI is InChI=1S/C11H21N/c1-9-7-11(8-10(9)12)5-3-2-4-6-11/h9-10H,2-8,12H2,1H3. The maximum absolute atomic E-state index is 6.08. The average Bonchev–Trinajstić information content (AvgIpc) is 2.29. The molecule has 1 spiro atoms. The molecule has 2 fully saturated rings. The Labute approximate surface area is 75.7 Å². The van der Waals surface area contributed by atoms with Crippen LogP contribution in [-0.4, -0.2) is 6.04 Å². The van der Waals surface area contributed by atoms with Crippen molar-refractivity contribution < 1.29 is 0 Å². The molecule has 2 saturated carbocycles. The minimum absolute atomic E-state index is 0.503. The Balaban J connectivity index is 2.02. The summed E-state index contributed by atoms with van der Waals surface area (Å²) >= 11 is 0. The van der Waals surface area contributed by atoms with E-state index in [4.69, 9.17) is 5.73 Å². The van der Waals surface area contributed by atoms with E-state index in [1.54, 1.807) is 0 Å². The van der Waals surface area contributed by atoms with Gasteiger partial charge in [0.1, 0.15) is 0 Å². The second kappa shape index (κ2) is 3.02. The van der Waals surface area contributed by atoms with Crippen LogP contribution in [0.15, 0.2) is 0 Å². The largest absolute Gasteiger partial charge is 0.327 e. The van der Waals surface area contributed by atoms with Crippen LogP contribution in [0.3, 0.4) is 0 Å². The van der Waals surface area contributed by atoms with Crippen molar-refractivity contribution in [3.8, 4) is 0 Å². The molecule has 2 unspecified atom stereocenters. The van der Waals surface area contributed by atoms with E-state index in [-0.39, 0.29) is 0 Å². The van der Waals surface area contributed by atoms with Crippen molar-refractivity contribution in [2.45, 2.75) is 57.9 Å². The zero-order valence-electron chi connectivity index (χ0n) is 8.18. The van der Waals surface area contributed by atoms with Crippen LogP contribution >= 0.6 is 0 Å². The van der Waals surface area contributed by atoms with E-state index in [1.165, 1.54) is 44.9 Å². The number of rotatable bonds is 0. The highest BCUT2D eigenvalue weighted by Gasteiger charge is 2.41. The van der Waals surface area contributed by atoms with Crippen LogP contribution in [0.25, 0.3) is 0 Å². The summed E-state index contributed by atoms with van der Waals surface area (Å²) in [6.45, 7) is 2.33. The van der Waals surface area contributed by atoms with Gasteiger partial charge in [0.05, 0.1) is 0 Å². The van der Waals surface area contributed by atoms with Crippen molar-refractivity contribution in [2.24, 2.45) is 17.1 Å². The van der Waals surface area contributed by atoms with Crippen LogP contribution in [-0.2, 0) is 0 Å². The molecular weight excluding hydrogens is 146 g/mol. The van der Waals surface area contributed by atoms with Gasteiger partial charge in [-0.1, -0.05) is 26.2 Å². The molecule has 2 aliphatic carbocycles. The number of nitrogens with two attached hydrogens (primary N) is 1. The molecule has 2 N–H and O–H groups in total. The molecule has 2 rings (SSSR count). The molecule has 0 aliphatic heterocycles. The molecule has 0 radical (unpaired) electrons. The molecule has 0 aromatic carbocycles. The summed E-state index contributed by atoms with van der Waals surface area (Å²) in [6, 6.07) is 0.503. The molecule has 0 aromatic heterocycles. The van der Waals surface area contributed by atoms with Gasteiger partial charge >= 0.3 is 0 Å². The molecule has 1 heteroatoms. The Bertz CT molecular complexity index is 146. The van der Waals surface area contributed by atoms with E-state index in [2.05, 4.69) is 6.92 Å². The monoisotopic (exact) mass is 167 g/mol. The number of hydrogen-bond acceptors (Lipinski definition) is 1. The third kappa shape index (κ3) is 1.39. The molecule has 1 nitrogen and oxygen atoms in total. The summed E-state index contributed by atoms with van der Waals surface area (Å²) in [5.74, 6) is 0.781. The Morgan fingerprint density at radius 3 is 2.25 bits per heavy atom. The Kier molecular flexibility index (Phi) is 2.16. The molecule has 2 atom stereocenters. The third-order valence-electron chi connectivity index (χ3n) is 4.07. The fourth-order valence-corrected chi connectivity index (χ4v) is 3.33. The lowest BCUT2D eigenvalue weighted by molar-refractivity contribution is 0.189. The molecule has 0 bridgehead atoms. The smallest absolute Gasteiger partial charge is 0.00700 e. The van der Waals surface area contributed by atoms with Gasteiger partial charge in [-0.2, -0.15) is 0 Å². The van der Waals surface area contributed by atoms with Gasteiger partial charge in [0, 0.05) is 6.04 Å². The lowest BCUT2D eigenvalue weighted by atomic mass is 9.72. The predicted molar refractivity (Wildman–Crippen MR) is 51.9 cm³/mol. The normalized spacial score (nSPS) is 40.5. The van der Waals surface area contributed by atoms with Gasteiger partial charge in [-0.15, -0.1) is 0 Å². The molecule has 0 heterocycles. The highest BCUT2D eigenvalue weighted by molar-refractivity contribution is 4.95. The lowest BCUT2D eigenvalue weighted by Gasteiger charge is -2.33. The van der Waals surface area contributed by atoms with Gasteiger partial charge < -0.3 is 5.73 Å². The second-order valence-corrected chi connectivity index (χ2v) is 5.11. The van der Waals surface area contributed by atoms with E-state index >= 15 is 0 Å². The van der Waals surface area contributed by atoms with Crippen molar-refractivity contribution in [3.63, 3.8) is 0 Å². The SMILES string of the molecule is CC1CC2(CCCCC2)CC1N. The predicted octanol–water partition coefficient (Wildman–Crippen LogP) is 2.69. The molecule has 0 aromatic rings. The minimum Gasteiger partial charge on any atom is -0.327 e. The summed E-state index contributed by atoms with van der Waals surface area (Å²) in [5.41, 5.74) is 6.78. The first-order chi connectivity index (χ1) is 5.72. The lowest BCUT2D eigenvalue weighted by Crippen LogP contribution is -2.25. The summed E-state index contributed by atoms with van der Waals surface area (Å²) < 4.78 is 0. The average molecular weight is 167 g/mol. The van der Waals surface area contributed by atoms with Crippen LogP contribution in [0.1, 0.15) is 51.9 Å². The quantitative estimate of drug-likeness (QED) is 0.590. The molecule has 70 valence electrons. The molecule has 0 saturated heterocycles. The van der Waals surface area contributed by atoms with Gasteiger partial charge in [-0.25, -0.2) is 0 Å². The topological polar surface area (TPSA) is 26.0 Å². The van der Waals surface area contributed by atoms with Crippen LogP contribution in [0.2, 0.25) is 0 Å². The Morgan fingerprint density at radius 2 is 1.75 bits per heavy atom. The summed E-state index contributed by atoms with van der Waals surface area (Å²) in [5, 5.41) is 0. The first kappa shape index (κ1) is 8.55. The number of hydrogen-bond donors (Lipinski definition) is 1. The van der Waals surface area contributed by atoms with E-state index in [0.717, 1.165) is 5.92 Å². The van der Waals surface area contributed by atoms with Gasteiger partial charge in [-0.05, 0) is 37.0 Å². The van der Waals surface area contributed by atoms with Gasteiger partial charge in [0.15, 0.2) is 0 Å². The molecular formula is C11H21N. The maximum Gasteiger partial charge on any atom is 0.00700 e. The summed E-state index contributed by atoms with van der Waals surface area (Å²) in [7, 11) is 0. The zero-order chi connectivity index (χ0) is 8.60. The molecule has 12 heavy (non-hydrogen) atoms. The second-order valence-electron chi connectivity index (χ2n) is 5.11. The summed E-state index contributed by atoms with van der Waals surface area (Å²) in [6.07, 6.45) is 10.0. The summed E-state index contributed by atoms with van der Waals surface area (Å²) in [4.78, 5) is 0. The van der Waals surface area contributed by atoms with Gasteiger partial charge in [-0.3, -0.25) is 0 Å². The fourth-order valence-electron chi connectivity index (χ4n) is 3.33. The highest BCUT2D eigenvalue weighted by Crippen LogP contribution is 2.50. The van der Waals surface area contributed by atoms with Crippen molar-refractivity contribution >= 4 is 0 Å². The Hall–Kier alpha value is -0.0400. The van der Waals surface area contributed by atoms with Crippen molar-refractivity contribution in [1.29, 1.82) is 0 Å². The van der Waals surface area contributed by atoms with Crippen LogP contribution in [0, 0.1) is 11.3 Å². The third-order valence-corrected chi connectivity index (χ3v) is 4.07. The maximum atomic E-state index is 6.08. The fraction of sp³-hybridized carbons (Fsp3) is 1.00. The van der Waals surface area contributed by atoms with Crippen molar-refractivity contribution in [3.05, 3.63) is 0 Å². The van der Waals surface area contributed by atoms with E-state index < -0.39 is 0 Å². The first-order valence-electron chi connectivity index (χ1n) is 5.47. The van der Waals surface area contributed by atoms with Crippen molar-refractivity contribution in [1.82, 2.24) is 0 Å². The van der Waals surface area contributed by atoms with Gasteiger partial charge in [0.25, 0.3) is 0 Å². The highest BCUT2D eigenvalue weighted by atomic mass is 14.7. The van der Waals surface area contributed by atoms with E-state index in [9.17, 15) is 0 Å². The van der Waals surface area contributed by atoms with E-state index in [1.807, 2.05) is 0 Å². The Morgan fingerprint density at radius 1 is 1.08 bits per heavy atom. The minimum atomic E-state index is 0.503. The van der Waals surface area contributed by atoms with Crippen molar-refractivity contribution in [2.75, 3.05) is 0 Å². The molecule has 0 amide bonds. The molecule has 2 aliphatic rings. The van der Waals surface area contributed by atoms with Crippen LogP contribution in [0.5, 0.6) is 0 Å². The first-order valence-corrected chi connectivity index (χ1v) is 5.47. The van der Waals surface area contributed by atoms with Gasteiger partial charge in [0.2, 0.25) is 0 Å². The van der Waals surface area contributed by atoms with Crippen LogP contribution in [0.4, 0.5) is 0 Å².